The maximum atomic E-state index is 11.9. The van der Waals surface area contributed by atoms with Gasteiger partial charge in [0.05, 0.1) is 18.1 Å². The van der Waals surface area contributed by atoms with Gasteiger partial charge in [-0.1, -0.05) is 12.1 Å². The molecule has 0 bridgehead atoms. The highest BCUT2D eigenvalue weighted by Gasteiger charge is 2.21. The van der Waals surface area contributed by atoms with Gasteiger partial charge in [-0.2, -0.15) is 0 Å². The number of ether oxygens (including phenoxy) is 1. The summed E-state index contributed by atoms with van der Waals surface area (Å²) in [4.78, 5) is 25.7. The molecule has 26 heavy (non-hydrogen) atoms. The SMILES string of the molecule is COc1c[nH]c(CN2CCCC(Cc3nc4ccccc4[nH]3)C2)cc1=O. The van der Waals surface area contributed by atoms with Crippen LogP contribution in [0.15, 0.2) is 41.3 Å². The Morgan fingerprint density at radius 1 is 1.35 bits per heavy atom. The number of likely N-dealkylation sites (tertiary alicyclic amines) is 1. The predicted molar refractivity (Wildman–Crippen MR) is 101 cm³/mol. The number of pyridine rings is 1. The fourth-order valence-electron chi connectivity index (χ4n) is 3.83. The second-order valence-electron chi connectivity index (χ2n) is 7.04. The van der Waals surface area contributed by atoms with Gasteiger partial charge >= 0.3 is 0 Å². The molecule has 6 heteroatoms. The quantitative estimate of drug-likeness (QED) is 0.740. The molecule has 1 aliphatic rings. The maximum absolute atomic E-state index is 11.9. The summed E-state index contributed by atoms with van der Waals surface area (Å²) in [7, 11) is 1.51. The Hall–Kier alpha value is -2.60. The van der Waals surface area contributed by atoms with Crippen LogP contribution in [0.5, 0.6) is 5.75 Å². The standard InChI is InChI=1S/C20H24N4O2/c1-26-19-11-21-15(10-18(19)25)13-24-8-4-5-14(12-24)9-20-22-16-6-2-3-7-17(16)23-20/h2-3,6-7,10-11,14H,4-5,8-9,12-13H2,1H3,(H,21,25)(H,22,23). The molecule has 1 unspecified atom stereocenters. The van der Waals surface area contributed by atoms with Crippen LogP contribution in [0.25, 0.3) is 11.0 Å². The third kappa shape index (κ3) is 3.65. The van der Waals surface area contributed by atoms with Crippen molar-refractivity contribution in [3.8, 4) is 5.75 Å². The molecule has 4 rings (SSSR count). The van der Waals surface area contributed by atoms with Gasteiger partial charge in [0, 0.05) is 37.5 Å². The van der Waals surface area contributed by atoms with E-state index in [0.717, 1.165) is 48.6 Å². The van der Waals surface area contributed by atoms with Crippen molar-refractivity contribution < 1.29 is 4.74 Å². The van der Waals surface area contributed by atoms with Crippen molar-refractivity contribution in [2.45, 2.75) is 25.8 Å². The Bertz CT molecular complexity index is 913. The van der Waals surface area contributed by atoms with Crippen LogP contribution in [0.3, 0.4) is 0 Å². The highest BCUT2D eigenvalue weighted by Crippen LogP contribution is 2.22. The summed E-state index contributed by atoms with van der Waals surface area (Å²) in [6.07, 6.45) is 5.00. The molecule has 1 fully saturated rings. The van der Waals surface area contributed by atoms with E-state index in [1.54, 1.807) is 12.3 Å². The number of aromatic nitrogens is 3. The second kappa shape index (κ2) is 7.33. The third-order valence-corrected chi connectivity index (χ3v) is 5.07. The average molecular weight is 352 g/mol. The minimum absolute atomic E-state index is 0.0721. The number of aromatic amines is 2. The number of nitrogens with zero attached hydrogens (tertiary/aromatic N) is 2. The Morgan fingerprint density at radius 3 is 3.04 bits per heavy atom. The number of hydrogen-bond donors (Lipinski definition) is 2. The van der Waals surface area contributed by atoms with Crippen LogP contribution in [-0.4, -0.2) is 40.1 Å². The van der Waals surface area contributed by atoms with Crippen LogP contribution in [0, 0.1) is 5.92 Å². The lowest BCUT2D eigenvalue weighted by molar-refractivity contribution is 0.164. The highest BCUT2D eigenvalue weighted by atomic mass is 16.5. The fourth-order valence-corrected chi connectivity index (χ4v) is 3.83. The first kappa shape index (κ1) is 16.8. The monoisotopic (exact) mass is 352 g/mol. The van der Waals surface area contributed by atoms with E-state index in [0.29, 0.717) is 11.7 Å². The van der Waals surface area contributed by atoms with Crippen LogP contribution in [0.4, 0.5) is 0 Å². The van der Waals surface area contributed by atoms with Crippen molar-refractivity contribution in [1.29, 1.82) is 0 Å². The number of H-pyrrole nitrogens is 2. The average Bonchev–Trinajstić information content (AvgIpc) is 3.04. The summed E-state index contributed by atoms with van der Waals surface area (Å²) in [6.45, 7) is 2.84. The molecule has 2 N–H and O–H groups in total. The topological polar surface area (TPSA) is 74.0 Å². The van der Waals surface area contributed by atoms with Gasteiger partial charge in [-0.25, -0.2) is 4.98 Å². The molecule has 136 valence electrons. The van der Waals surface area contributed by atoms with Crippen molar-refractivity contribution >= 4 is 11.0 Å². The first-order chi connectivity index (χ1) is 12.7. The number of hydrogen-bond acceptors (Lipinski definition) is 4. The van der Waals surface area contributed by atoms with Crippen LogP contribution in [0.1, 0.15) is 24.4 Å². The van der Waals surface area contributed by atoms with Gasteiger partial charge in [0.1, 0.15) is 5.82 Å². The lowest BCUT2D eigenvalue weighted by Gasteiger charge is -2.32. The van der Waals surface area contributed by atoms with E-state index in [4.69, 9.17) is 9.72 Å². The van der Waals surface area contributed by atoms with E-state index in [9.17, 15) is 4.79 Å². The van der Waals surface area contributed by atoms with E-state index in [1.165, 1.54) is 20.0 Å². The van der Waals surface area contributed by atoms with Gasteiger partial charge in [-0.05, 0) is 37.4 Å². The lowest BCUT2D eigenvalue weighted by Crippen LogP contribution is -2.36. The first-order valence-electron chi connectivity index (χ1n) is 9.13. The summed E-state index contributed by atoms with van der Waals surface area (Å²) in [5.41, 5.74) is 2.99. The molecular formula is C20H24N4O2. The summed E-state index contributed by atoms with van der Waals surface area (Å²) < 4.78 is 5.03. The molecule has 6 nitrogen and oxygen atoms in total. The predicted octanol–water partition coefficient (Wildman–Crippen LogP) is 2.71. The molecule has 3 heterocycles. The third-order valence-electron chi connectivity index (χ3n) is 5.07. The number of piperidine rings is 1. The lowest BCUT2D eigenvalue weighted by atomic mass is 9.94. The molecule has 0 aliphatic carbocycles. The molecule has 0 amide bonds. The Labute approximate surface area is 152 Å². The normalized spacial score (nSPS) is 18.3. The number of methoxy groups -OCH3 is 1. The van der Waals surface area contributed by atoms with Crippen LogP contribution >= 0.6 is 0 Å². The fraction of sp³-hybridized carbons (Fsp3) is 0.400. The number of rotatable bonds is 5. The highest BCUT2D eigenvalue weighted by molar-refractivity contribution is 5.74. The number of nitrogens with one attached hydrogen (secondary N) is 2. The van der Waals surface area contributed by atoms with E-state index >= 15 is 0 Å². The van der Waals surface area contributed by atoms with Crippen molar-refractivity contribution in [1.82, 2.24) is 19.9 Å². The van der Waals surface area contributed by atoms with Gasteiger partial charge in [0.25, 0.3) is 0 Å². The minimum atomic E-state index is -0.0721. The molecule has 1 atom stereocenters. The maximum Gasteiger partial charge on any atom is 0.223 e. The zero-order valence-corrected chi connectivity index (χ0v) is 15.0. The summed E-state index contributed by atoms with van der Waals surface area (Å²) in [5, 5.41) is 0. The van der Waals surface area contributed by atoms with Gasteiger partial charge in [-0.15, -0.1) is 0 Å². The molecule has 0 saturated carbocycles. The van der Waals surface area contributed by atoms with E-state index in [-0.39, 0.29) is 5.43 Å². The first-order valence-corrected chi connectivity index (χ1v) is 9.13. The van der Waals surface area contributed by atoms with E-state index in [1.807, 2.05) is 18.2 Å². The molecule has 1 saturated heterocycles. The molecule has 1 aromatic carbocycles. The van der Waals surface area contributed by atoms with Crippen LogP contribution < -0.4 is 10.2 Å². The smallest absolute Gasteiger partial charge is 0.223 e. The zero-order valence-electron chi connectivity index (χ0n) is 15.0. The molecular weight excluding hydrogens is 328 g/mol. The van der Waals surface area contributed by atoms with Gasteiger partial charge in [0.2, 0.25) is 5.43 Å². The Balaban J connectivity index is 1.40. The van der Waals surface area contributed by atoms with Gasteiger partial charge < -0.3 is 14.7 Å². The minimum Gasteiger partial charge on any atom is -0.491 e. The van der Waals surface area contributed by atoms with Crippen LogP contribution in [0.2, 0.25) is 0 Å². The molecule has 1 aliphatic heterocycles. The summed E-state index contributed by atoms with van der Waals surface area (Å²) in [5.74, 6) is 2.00. The van der Waals surface area contributed by atoms with Crippen molar-refractivity contribution in [3.63, 3.8) is 0 Å². The van der Waals surface area contributed by atoms with E-state index < -0.39 is 0 Å². The van der Waals surface area contributed by atoms with Crippen molar-refractivity contribution in [2.75, 3.05) is 20.2 Å². The summed E-state index contributed by atoms with van der Waals surface area (Å²) in [6, 6.07) is 9.80. The molecule has 0 radical (unpaired) electrons. The number of imidazole rings is 1. The number of para-hydroxylation sites is 2. The van der Waals surface area contributed by atoms with Crippen molar-refractivity contribution in [2.24, 2.45) is 5.92 Å². The number of fused-ring (bicyclic) bond motifs is 1. The largest absolute Gasteiger partial charge is 0.491 e. The molecule has 3 aromatic rings. The van der Waals surface area contributed by atoms with Gasteiger partial charge in [0.15, 0.2) is 5.75 Å². The molecule has 0 spiro atoms. The van der Waals surface area contributed by atoms with Crippen LogP contribution in [-0.2, 0) is 13.0 Å². The zero-order chi connectivity index (χ0) is 17.9. The Morgan fingerprint density at radius 2 is 2.23 bits per heavy atom. The van der Waals surface area contributed by atoms with E-state index in [2.05, 4.69) is 20.9 Å². The Kier molecular flexibility index (Phi) is 4.75. The summed E-state index contributed by atoms with van der Waals surface area (Å²) >= 11 is 0. The van der Waals surface area contributed by atoms with Gasteiger partial charge in [-0.3, -0.25) is 9.69 Å². The second-order valence-corrected chi connectivity index (χ2v) is 7.04. The van der Waals surface area contributed by atoms with Crippen molar-refractivity contribution in [3.05, 3.63) is 58.3 Å². The number of benzene rings is 1. The molecule has 2 aromatic heterocycles.